The Balaban J connectivity index is 1.94. The highest BCUT2D eigenvalue weighted by molar-refractivity contribution is 6.11. The lowest BCUT2D eigenvalue weighted by atomic mass is 10.2. The molecular weight excluding hydrogens is 300 g/mol. The van der Waals surface area contributed by atoms with Crippen molar-refractivity contribution in [3.05, 3.63) is 58.3 Å². The number of benzene rings is 2. The SMILES string of the molecule is COc1cccc(NC(=O)c2n[nH]c3ccc([N+](=O)[O-])cc23)c1. The molecule has 0 aliphatic heterocycles. The fraction of sp³-hybridized carbons (Fsp3) is 0.0667. The standard InChI is InChI=1S/C15H12N4O4/c1-23-11-4-2-3-9(7-11)16-15(20)14-12-8-10(19(21)22)5-6-13(12)17-18-14/h2-8H,1H3,(H,16,20)(H,17,18). The maximum atomic E-state index is 12.4. The summed E-state index contributed by atoms with van der Waals surface area (Å²) in [6.07, 6.45) is 0. The number of fused-ring (bicyclic) bond motifs is 1. The molecule has 0 bridgehead atoms. The number of carbonyl (C=O) groups is 1. The second-order valence-electron chi connectivity index (χ2n) is 4.75. The number of nitrogens with one attached hydrogen (secondary N) is 2. The summed E-state index contributed by atoms with van der Waals surface area (Å²) in [7, 11) is 1.53. The first-order valence-electron chi connectivity index (χ1n) is 6.66. The first-order chi connectivity index (χ1) is 11.1. The van der Waals surface area contributed by atoms with Crippen LogP contribution in [0.5, 0.6) is 5.75 Å². The van der Waals surface area contributed by atoms with Gasteiger partial charge in [0.15, 0.2) is 5.69 Å². The van der Waals surface area contributed by atoms with Crippen LogP contribution in [0.1, 0.15) is 10.5 Å². The molecule has 0 aliphatic carbocycles. The van der Waals surface area contributed by atoms with Gasteiger partial charge in [-0.05, 0) is 18.2 Å². The predicted molar refractivity (Wildman–Crippen MR) is 83.7 cm³/mol. The Morgan fingerprint density at radius 2 is 2.13 bits per heavy atom. The highest BCUT2D eigenvalue weighted by Gasteiger charge is 2.17. The fourth-order valence-corrected chi connectivity index (χ4v) is 2.18. The number of H-pyrrole nitrogens is 1. The molecule has 8 nitrogen and oxygen atoms in total. The molecule has 0 atom stereocenters. The molecule has 116 valence electrons. The van der Waals surface area contributed by atoms with E-state index in [1.807, 2.05) is 0 Å². The number of non-ortho nitro benzene ring substituents is 1. The quantitative estimate of drug-likeness (QED) is 0.568. The average Bonchev–Trinajstić information content (AvgIpc) is 2.98. The molecule has 0 unspecified atom stereocenters. The van der Waals surface area contributed by atoms with Crippen molar-refractivity contribution in [2.45, 2.75) is 0 Å². The van der Waals surface area contributed by atoms with E-state index in [0.717, 1.165) is 0 Å². The Labute approximate surface area is 130 Å². The van der Waals surface area contributed by atoms with Gasteiger partial charge in [-0.3, -0.25) is 20.0 Å². The topological polar surface area (TPSA) is 110 Å². The third-order valence-corrected chi connectivity index (χ3v) is 3.30. The molecule has 8 heteroatoms. The zero-order chi connectivity index (χ0) is 16.4. The number of ether oxygens (including phenoxy) is 1. The lowest BCUT2D eigenvalue weighted by Gasteiger charge is -2.05. The van der Waals surface area contributed by atoms with Crippen LogP contribution in [0, 0.1) is 10.1 Å². The number of aromatic nitrogens is 2. The van der Waals surface area contributed by atoms with Gasteiger partial charge in [0.05, 0.1) is 17.5 Å². The monoisotopic (exact) mass is 312 g/mol. The molecule has 2 aromatic carbocycles. The molecule has 0 saturated heterocycles. The lowest BCUT2D eigenvalue weighted by molar-refractivity contribution is -0.384. The number of nitrogens with zero attached hydrogens (tertiary/aromatic N) is 2. The smallest absolute Gasteiger partial charge is 0.276 e. The summed E-state index contributed by atoms with van der Waals surface area (Å²) in [6.45, 7) is 0. The van der Waals surface area contributed by atoms with E-state index in [9.17, 15) is 14.9 Å². The molecule has 0 radical (unpaired) electrons. The van der Waals surface area contributed by atoms with E-state index in [-0.39, 0.29) is 11.4 Å². The molecule has 3 aromatic rings. The van der Waals surface area contributed by atoms with Gasteiger partial charge in [0.1, 0.15) is 5.75 Å². The largest absolute Gasteiger partial charge is 0.497 e. The maximum absolute atomic E-state index is 12.4. The van der Waals surface area contributed by atoms with Crippen molar-refractivity contribution in [2.24, 2.45) is 0 Å². The van der Waals surface area contributed by atoms with Gasteiger partial charge in [0, 0.05) is 29.3 Å². The minimum Gasteiger partial charge on any atom is -0.497 e. The summed E-state index contributed by atoms with van der Waals surface area (Å²) in [5.74, 6) is 0.135. The summed E-state index contributed by atoms with van der Waals surface area (Å²) >= 11 is 0. The van der Waals surface area contributed by atoms with Gasteiger partial charge < -0.3 is 10.1 Å². The average molecular weight is 312 g/mol. The fourth-order valence-electron chi connectivity index (χ4n) is 2.18. The summed E-state index contributed by atoms with van der Waals surface area (Å²) in [4.78, 5) is 22.7. The molecule has 1 aromatic heterocycles. The molecule has 0 aliphatic rings. The van der Waals surface area contributed by atoms with E-state index in [1.165, 1.54) is 25.3 Å². The number of nitro groups is 1. The summed E-state index contributed by atoms with van der Waals surface area (Å²) in [5.41, 5.74) is 1.07. The second kappa shape index (κ2) is 5.76. The number of carbonyl (C=O) groups excluding carboxylic acids is 1. The van der Waals surface area contributed by atoms with Crippen molar-refractivity contribution < 1.29 is 14.5 Å². The Morgan fingerprint density at radius 3 is 2.87 bits per heavy atom. The van der Waals surface area contributed by atoms with Gasteiger partial charge in [0.25, 0.3) is 11.6 Å². The maximum Gasteiger partial charge on any atom is 0.276 e. The molecular formula is C15H12N4O4. The van der Waals surface area contributed by atoms with Crippen molar-refractivity contribution in [3.63, 3.8) is 0 Å². The first kappa shape index (κ1) is 14.5. The molecule has 2 N–H and O–H groups in total. The number of amides is 1. The van der Waals surface area contributed by atoms with Crippen molar-refractivity contribution in [1.29, 1.82) is 0 Å². The van der Waals surface area contributed by atoms with Crippen molar-refractivity contribution in [1.82, 2.24) is 10.2 Å². The van der Waals surface area contributed by atoms with Gasteiger partial charge in [-0.25, -0.2) is 0 Å². The van der Waals surface area contributed by atoms with Crippen LogP contribution < -0.4 is 10.1 Å². The molecule has 1 heterocycles. The van der Waals surface area contributed by atoms with Gasteiger partial charge >= 0.3 is 0 Å². The van der Waals surface area contributed by atoms with Crippen molar-refractivity contribution in [3.8, 4) is 5.75 Å². The van der Waals surface area contributed by atoms with Crippen LogP contribution in [-0.4, -0.2) is 28.1 Å². The Kier molecular flexibility index (Phi) is 3.63. The van der Waals surface area contributed by atoms with Crippen LogP contribution in [0.15, 0.2) is 42.5 Å². The first-order valence-corrected chi connectivity index (χ1v) is 6.66. The molecule has 0 spiro atoms. The van der Waals surface area contributed by atoms with Crippen LogP contribution in [0.4, 0.5) is 11.4 Å². The number of rotatable bonds is 4. The molecule has 3 rings (SSSR count). The summed E-state index contributed by atoms with van der Waals surface area (Å²) in [5, 5.41) is 20.6. The summed E-state index contributed by atoms with van der Waals surface area (Å²) in [6, 6.07) is 11.0. The Bertz CT molecular complexity index is 903. The minimum absolute atomic E-state index is 0.0894. The van der Waals surface area contributed by atoms with E-state index in [4.69, 9.17) is 4.74 Å². The number of hydrogen-bond donors (Lipinski definition) is 2. The van der Waals surface area contributed by atoms with Crippen LogP contribution in [0.25, 0.3) is 10.9 Å². The van der Waals surface area contributed by atoms with Crippen LogP contribution >= 0.6 is 0 Å². The highest BCUT2D eigenvalue weighted by Crippen LogP contribution is 2.23. The second-order valence-corrected chi connectivity index (χ2v) is 4.75. The zero-order valence-electron chi connectivity index (χ0n) is 12.1. The number of aromatic amines is 1. The van der Waals surface area contributed by atoms with Crippen LogP contribution in [-0.2, 0) is 0 Å². The van der Waals surface area contributed by atoms with Crippen LogP contribution in [0.3, 0.4) is 0 Å². The third-order valence-electron chi connectivity index (χ3n) is 3.30. The van der Waals surface area contributed by atoms with E-state index in [0.29, 0.717) is 22.3 Å². The number of hydrogen-bond acceptors (Lipinski definition) is 5. The summed E-state index contributed by atoms with van der Waals surface area (Å²) < 4.78 is 5.09. The van der Waals surface area contributed by atoms with Gasteiger partial charge in [-0.15, -0.1) is 0 Å². The van der Waals surface area contributed by atoms with Crippen LogP contribution in [0.2, 0.25) is 0 Å². The zero-order valence-corrected chi connectivity index (χ0v) is 12.1. The van der Waals surface area contributed by atoms with Gasteiger partial charge in [-0.2, -0.15) is 5.10 Å². The Morgan fingerprint density at radius 1 is 1.30 bits per heavy atom. The lowest BCUT2D eigenvalue weighted by Crippen LogP contribution is -2.12. The molecule has 0 fully saturated rings. The number of nitro benzene ring substituents is 1. The number of methoxy groups -OCH3 is 1. The Hall–Kier alpha value is -3.42. The van der Waals surface area contributed by atoms with E-state index in [2.05, 4.69) is 15.5 Å². The van der Waals surface area contributed by atoms with E-state index >= 15 is 0 Å². The highest BCUT2D eigenvalue weighted by atomic mass is 16.6. The number of anilines is 1. The van der Waals surface area contributed by atoms with Crippen molar-refractivity contribution in [2.75, 3.05) is 12.4 Å². The van der Waals surface area contributed by atoms with Gasteiger partial charge in [0.2, 0.25) is 0 Å². The molecule has 0 saturated carbocycles. The van der Waals surface area contributed by atoms with Crippen molar-refractivity contribution >= 4 is 28.2 Å². The third kappa shape index (κ3) is 2.82. The van der Waals surface area contributed by atoms with E-state index < -0.39 is 10.8 Å². The van der Waals surface area contributed by atoms with E-state index in [1.54, 1.807) is 24.3 Å². The minimum atomic E-state index is -0.518. The predicted octanol–water partition coefficient (Wildman–Crippen LogP) is 2.73. The van der Waals surface area contributed by atoms with Gasteiger partial charge in [-0.1, -0.05) is 6.07 Å². The molecule has 23 heavy (non-hydrogen) atoms. The molecule has 1 amide bonds. The normalized spacial score (nSPS) is 10.5.